The number of benzene rings is 6. The number of halogens is 5. The van der Waals surface area contributed by atoms with Crippen LogP contribution in [0, 0.1) is 29.1 Å². The summed E-state index contributed by atoms with van der Waals surface area (Å²) in [5.74, 6) is 3.23. The second-order valence-corrected chi connectivity index (χ2v) is 27.2. The minimum absolute atomic E-state index is 0. The number of phenolic OH excluding ortho intramolecular Hbond substituents is 2. The Morgan fingerprint density at radius 3 is 1.33 bits per heavy atom. The molecule has 1 fully saturated rings. The van der Waals surface area contributed by atoms with Gasteiger partial charge in [0.1, 0.15) is 34.5 Å². The van der Waals surface area contributed by atoms with Crippen molar-refractivity contribution in [3.63, 3.8) is 0 Å². The molecular formula is C71H104BrCl3CuIK2N5Na2O22S2. The van der Waals surface area contributed by atoms with Gasteiger partial charge < -0.3 is 97.0 Å². The Kier molecular flexibility index (Phi) is 89.4. The fourth-order valence-electron chi connectivity index (χ4n) is 6.67. The molecule has 6 aromatic rings. The SMILES string of the molecule is Br.C.C1CO1.CC(C)(C)C(=O)Cl.CC(C)(C)C(=O)Nc1cccc(O)c1.CI.COc1cccc(NC(=O)C(C)(C)C)c1.COc1cccc(NC(=O)C(C)(C)C)c1CCO.Nc1cccc(O)c1.Nc1cccc2c1CCO2.O=CO[O-].O=CO[O-].O=S(=O)(Cl)c1cccc2c1CCO2.O=S=O.[CH3-].[Cl][Cu+].[H-].[H-].[K+].[K+].[Na+].[Na+]. The van der Waals surface area contributed by atoms with Crippen molar-refractivity contribution >= 4 is 157 Å². The van der Waals surface area contributed by atoms with Gasteiger partial charge in [-0.05, 0) is 89.3 Å². The molecule has 1 saturated heterocycles. The van der Waals surface area contributed by atoms with E-state index < -0.39 is 31.5 Å². The number of carbonyl (C=O) groups excluding carboxylic acids is 6. The Morgan fingerprint density at radius 1 is 0.627 bits per heavy atom. The minimum atomic E-state index is -3.64. The van der Waals surface area contributed by atoms with Crippen LogP contribution < -0.4 is 219 Å². The van der Waals surface area contributed by atoms with Gasteiger partial charge in [-0.25, -0.2) is 8.42 Å². The monoisotopic (exact) mass is 1940 g/mol. The number of methoxy groups -OCH3 is 2. The number of alkyl halides is 1. The molecule has 0 atom stereocenters. The van der Waals surface area contributed by atoms with Gasteiger partial charge in [0.2, 0.25) is 23.0 Å². The van der Waals surface area contributed by atoms with Crippen molar-refractivity contribution in [2.75, 3.05) is 79.6 Å². The van der Waals surface area contributed by atoms with Crippen LogP contribution in [0.25, 0.3) is 0 Å². The molecule has 10 N–H and O–H groups in total. The van der Waals surface area contributed by atoms with E-state index in [4.69, 9.17) is 91.4 Å². The van der Waals surface area contributed by atoms with Crippen LogP contribution in [0.5, 0.6) is 34.5 Å². The van der Waals surface area contributed by atoms with E-state index in [0.717, 1.165) is 54.7 Å². The van der Waals surface area contributed by atoms with E-state index in [-0.39, 0.29) is 266 Å². The largest absolute Gasteiger partial charge is 1.00 e. The predicted octanol–water partition coefficient (Wildman–Crippen LogP) is 0.655. The van der Waals surface area contributed by atoms with Gasteiger partial charge in [-0.1, -0.05) is 150 Å². The van der Waals surface area contributed by atoms with E-state index in [1.165, 1.54) is 23.8 Å². The molecule has 27 nitrogen and oxygen atoms in total. The zero-order valence-corrected chi connectivity index (χ0v) is 84.2. The van der Waals surface area contributed by atoms with Gasteiger partial charge in [0.25, 0.3) is 22.0 Å². The summed E-state index contributed by atoms with van der Waals surface area (Å²) in [6, 6.07) is 36.4. The molecule has 0 unspecified atom stereocenters. The topological polar surface area (TPSA) is 434 Å². The third-order valence-electron chi connectivity index (χ3n) is 11.9. The number of nitrogens with one attached hydrogen (secondary N) is 3. The van der Waals surface area contributed by atoms with Crippen LogP contribution in [0.3, 0.4) is 0 Å². The molecule has 0 aliphatic carbocycles. The van der Waals surface area contributed by atoms with Crippen LogP contribution in [0.15, 0.2) is 132 Å². The third kappa shape index (κ3) is 65.3. The van der Waals surface area contributed by atoms with Gasteiger partial charge in [-0.3, -0.25) is 28.8 Å². The maximum Gasteiger partial charge on any atom is 1.00 e. The summed E-state index contributed by atoms with van der Waals surface area (Å²) in [7, 11) is 9.00. The Labute approximate surface area is 831 Å². The summed E-state index contributed by atoms with van der Waals surface area (Å²) >= 11 is 10.2. The first-order chi connectivity index (χ1) is 48.2. The van der Waals surface area contributed by atoms with Crippen LogP contribution >= 0.6 is 72.0 Å². The van der Waals surface area contributed by atoms with Crippen LogP contribution in [0.2, 0.25) is 0 Å². The number of phenols is 2. The number of anilines is 5. The smallest absolute Gasteiger partial charge is 1.00 e. The van der Waals surface area contributed by atoms with Crippen molar-refractivity contribution < 1.29 is 285 Å². The summed E-state index contributed by atoms with van der Waals surface area (Å²) in [5.41, 5.74) is 15.5. The van der Waals surface area contributed by atoms with E-state index >= 15 is 0 Å². The molecule has 607 valence electrons. The second kappa shape index (κ2) is 74.7. The van der Waals surface area contributed by atoms with E-state index in [1.807, 2.05) is 122 Å². The molecule has 3 heterocycles. The number of nitrogen functional groups attached to an aromatic ring is 2. The molecule has 0 radical (unpaired) electrons. The summed E-state index contributed by atoms with van der Waals surface area (Å²) in [4.78, 5) is 70.1. The number of aromatic hydroxyl groups is 2. The van der Waals surface area contributed by atoms with Crippen LogP contribution in [-0.2, 0) is 98.3 Å². The quantitative estimate of drug-likeness (QED) is 0.00892. The van der Waals surface area contributed by atoms with Gasteiger partial charge in [-0.2, -0.15) is 8.42 Å². The Balaban J connectivity index is -0.0000000893. The molecule has 3 aliphatic rings. The standard InChI is InChI=1S/C14H21NO3.C12H17NO2.C11H15NO2.C8H7ClO3S.C8H9NO.C6H7NO.C5H9ClO.C2H4O.CH3I.2CH2O3.CH4.CH3.BrH.ClH.Cu.2K.2Na.O2S.2H/c1-14(2,3)13(17)15-11-6-5-7-12(18-4)10(11)8-9-16;1-12(2,3)11(14)13-9-6-5-7-10(8-9)15-4;1-11(2,3)10(14)12-8-5-4-6-9(13)7-8;9-13(10,11)8-3-1-2-7-6(8)4-5-12-7;9-7-2-1-3-8-6(7)4-5-10-8;7-5-2-1-3-6(8)4-5;1-5(2,3)4(6)7;1-2-3-1;1-2;2*2-1-4-3;;;;;;;;;;1-3-2;;/h5-7,16H,8-9H2,1-4H3,(H,15,17);5-8H,1-4H3,(H,13,14);4-7,13H,1-3H3,(H,12,14);1-3H,4-5H2;1-3H,4-5,9H2;1-4,8H,7H2;1-3H3;1-2H2;1H3;2*1,3H;1H4;1H3;2*1H;;;;;;;;/q;;;;;;;;;;;;-1;;;+2;4*+1;;2*-1/p-3. The third-order valence-corrected chi connectivity index (χ3v) is 13.9. The van der Waals surface area contributed by atoms with Crippen molar-refractivity contribution in [1.82, 2.24) is 0 Å². The number of aliphatic hydroxyl groups is 1. The Hall–Kier alpha value is -1.78. The van der Waals surface area contributed by atoms with Crippen molar-refractivity contribution in [2.45, 2.75) is 115 Å². The normalized spacial score (nSPS) is 10.5. The zero-order valence-electron chi connectivity index (χ0n) is 67.2. The second-order valence-electron chi connectivity index (χ2n) is 24.2. The number of ether oxygens (including phenoxy) is 5. The van der Waals surface area contributed by atoms with Gasteiger partial charge >= 0.3 is 199 Å². The number of carbonyl (C=O) groups is 6. The van der Waals surface area contributed by atoms with Gasteiger partial charge in [0.15, 0.2) is 0 Å². The number of nitrogens with two attached hydrogens (primary N) is 2. The van der Waals surface area contributed by atoms with Crippen molar-refractivity contribution in [3.05, 3.63) is 152 Å². The van der Waals surface area contributed by atoms with Crippen molar-refractivity contribution in [1.29, 1.82) is 0 Å². The number of hydrogen-bond acceptors (Lipinski definition) is 24. The number of epoxide rings is 1. The first kappa shape index (κ1) is 132. The number of hydrogen-bond donors (Lipinski definition) is 8. The average Bonchev–Trinajstić information content (AvgIpc) is 1.65. The average molecular weight is 1940 g/mol. The molecule has 110 heavy (non-hydrogen) atoms. The van der Waals surface area contributed by atoms with Gasteiger partial charge in [0, 0.05) is 122 Å². The fourth-order valence-corrected chi connectivity index (χ4v) is 7.84. The molecule has 0 bridgehead atoms. The molecule has 3 amide bonds. The van der Waals surface area contributed by atoms with Gasteiger partial charge in [0.05, 0.1) is 45.5 Å². The molecule has 0 spiro atoms. The van der Waals surface area contributed by atoms with Crippen LogP contribution in [0.4, 0.5) is 28.4 Å². The fraction of sp³-hybridized carbons (Fsp3) is 0.394. The summed E-state index contributed by atoms with van der Waals surface area (Å²) in [6.45, 7) is 25.0. The van der Waals surface area contributed by atoms with Gasteiger partial charge in [-0.15, -0.1) is 17.0 Å². The van der Waals surface area contributed by atoms with Crippen molar-refractivity contribution in [2.24, 2.45) is 21.7 Å². The van der Waals surface area contributed by atoms with Crippen LogP contribution in [0.1, 0.15) is 110 Å². The predicted molar refractivity (Wildman–Crippen MR) is 426 cm³/mol. The molecule has 39 heteroatoms. The van der Waals surface area contributed by atoms with Crippen LogP contribution in [-0.4, -0.2) is 120 Å². The first-order valence-electron chi connectivity index (χ1n) is 30.2. The maximum atomic E-state index is 12.0. The Morgan fingerprint density at radius 2 is 0.991 bits per heavy atom. The van der Waals surface area contributed by atoms with E-state index in [1.54, 1.807) is 89.6 Å². The summed E-state index contributed by atoms with van der Waals surface area (Å²) < 4.78 is 64.1. The molecule has 0 saturated carbocycles. The number of fused-ring (bicyclic) bond motifs is 2. The van der Waals surface area contributed by atoms with E-state index in [9.17, 15) is 32.7 Å². The molecule has 0 aromatic heterocycles. The van der Waals surface area contributed by atoms with Crippen molar-refractivity contribution in [3.8, 4) is 34.5 Å². The minimum Gasteiger partial charge on any atom is -1.00 e. The summed E-state index contributed by atoms with van der Waals surface area (Å²) in [6.07, 6.45) is 2.02. The molecular weight excluding hydrogens is 1840 g/mol. The number of amides is 3. The number of rotatable bonds is 10. The first-order valence-corrected chi connectivity index (χ1v) is 37.0. The maximum absolute atomic E-state index is 12.0. The van der Waals surface area contributed by atoms with E-state index in [0.29, 0.717) is 53.6 Å². The number of aliphatic hydroxyl groups excluding tert-OH is 1. The Bertz CT molecular complexity index is 3630. The zero-order chi connectivity index (χ0) is 80.2. The molecule has 3 aliphatic heterocycles. The molecule has 9 rings (SSSR count). The molecule has 6 aromatic carbocycles. The van der Waals surface area contributed by atoms with E-state index in [2.05, 4.69) is 78.3 Å². The summed E-state index contributed by atoms with van der Waals surface area (Å²) in [5, 5.41) is 52.0.